The van der Waals surface area contributed by atoms with Gasteiger partial charge in [-0.1, -0.05) is 23.7 Å². The normalized spacial score (nSPS) is 12.3. The van der Waals surface area contributed by atoms with Gasteiger partial charge in [0.25, 0.3) is 0 Å². The van der Waals surface area contributed by atoms with Crippen molar-refractivity contribution < 1.29 is 4.92 Å². The molecule has 2 aromatic rings. The SMILES string of the molecule is O=[N+]([O-])CC(c1ccc(Cl)cc1)c1ccc[nH]1. The lowest BCUT2D eigenvalue weighted by Crippen LogP contribution is -2.14. The predicted octanol–water partition coefficient (Wildman–Crippen LogP) is 3.08. The van der Waals surface area contributed by atoms with Crippen LogP contribution in [0.3, 0.4) is 0 Å². The van der Waals surface area contributed by atoms with E-state index in [9.17, 15) is 10.1 Å². The Morgan fingerprint density at radius 3 is 2.53 bits per heavy atom. The van der Waals surface area contributed by atoms with E-state index < -0.39 is 0 Å². The van der Waals surface area contributed by atoms with E-state index in [1.165, 1.54) is 0 Å². The summed E-state index contributed by atoms with van der Waals surface area (Å²) in [5.74, 6) is -0.266. The van der Waals surface area contributed by atoms with Crippen molar-refractivity contribution in [1.29, 1.82) is 0 Å². The predicted molar refractivity (Wildman–Crippen MR) is 65.9 cm³/mol. The number of aromatic amines is 1. The van der Waals surface area contributed by atoms with Crippen LogP contribution in [0.2, 0.25) is 5.02 Å². The molecule has 0 radical (unpaired) electrons. The average molecular weight is 251 g/mol. The highest BCUT2D eigenvalue weighted by molar-refractivity contribution is 6.30. The van der Waals surface area contributed by atoms with E-state index in [0.29, 0.717) is 5.02 Å². The molecule has 17 heavy (non-hydrogen) atoms. The molecular formula is C12H11ClN2O2. The molecule has 5 heteroatoms. The van der Waals surface area contributed by atoms with Crippen molar-refractivity contribution in [2.24, 2.45) is 0 Å². The molecule has 2 rings (SSSR count). The minimum Gasteiger partial charge on any atom is -0.364 e. The summed E-state index contributed by atoms with van der Waals surface area (Å²) in [4.78, 5) is 13.4. The molecule has 1 atom stereocenters. The molecule has 0 aliphatic rings. The fraction of sp³-hybridized carbons (Fsp3) is 0.167. The molecular weight excluding hydrogens is 240 g/mol. The second-order valence-corrected chi connectivity index (χ2v) is 4.18. The zero-order valence-electron chi connectivity index (χ0n) is 8.97. The fourth-order valence-electron chi connectivity index (χ4n) is 1.79. The number of H-pyrrole nitrogens is 1. The second-order valence-electron chi connectivity index (χ2n) is 3.74. The molecule has 1 N–H and O–H groups in total. The molecule has 88 valence electrons. The Kier molecular flexibility index (Phi) is 3.44. The number of halogens is 1. The van der Waals surface area contributed by atoms with E-state index in [0.717, 1.165) is 11.3 Å². The number of aromatic nitrogens is 1. The molecule has 0 fully saturated rings. The summed E-state index contributed by atoms with van der Waals surface area (Å²) in [5, 5.41) is 11.3. The smallest absolute Gasteiger partial charge is 0.216 e. The van der Waals surface area contributed by atoms with Gasteiger partial charge in [-0.3, -0.25) is 10.1 Å². The first-order valence-electron chi connectivity index (χ1n) is 5.17. The molecule has 4 nitrogen and oxygen atoms in total. The maximum Gasteiger partial charge on any atom is 0.216 e. The molecule has 0 aliphatic carbocycles. The van der Waals surface area contributed by atoms with Crippen molar-refractivity contribution in [3.63, 3.8) is 0 Å². The molecule has 0 spiro atoms. The highest BCUT2D eigenvalue weighted by Crippen LogP contribution is 2.24. The second kappa shape index (κ2) is 5.01. The van der Waals surface area contributed by atoms with Crippen molar-refractivity contribution in [3.05, 3.63) is 69.0 Å². The maximum atomic E-state index is 10.7. The summed E-state index contributed by atoms with van der Waals surface area (Å²) in [7, 11) is 0. The lowest BCUT2D eigenvalue weighted by atomic mass is 9.96. The monoisotopic (exact) mass is 250 g/mol. The van der Waals surface area contributed by atoms with Crippen molar-refractivity contribution in [2.45, 2.75) is 5.92 Å². The number of rotatable bonds is 4. The Labute approximate surface area is 103 Å². The van der Waals surface area contributed by atoms with E-state index >= 15 is 0 Å². The zero-order chi connectivity index (χ0) is 12.3. The standard InChI is InChI=1S/C12H11ClN2O2/c13-10-5-3-9(4-6-10)11(8-15(16)17)12-2-1-7-14-12/h1-7,11,14H,8H2. The third kappa shape index (κ3) is 2.85. The fourth-order valence-corrected chi connectivity index (χ4v) is 1.91. The molecule has 1 heterocycles. The number of nitro groups is 1. The largest absolute Gasteiger partial charge is 0.364 e. The van der Waals surface area contributed by atoms with E-state index in [4.69, 9.17) is 11.6 Å². The topological polar surface area (TPSA) is 58.9 Å². The Morgan fingerprint density at radius 1 is 1.29 bits per heavy atom. The Bertz CT molecular complexity index is 494. The van der Waals surface area contributed by atoms with Gasteiger partial charge >= 0.3 is 0 Å². The molecule has 1 aromatic carbocycles. The molecule has 1 aromatic heterocycles. The van der Waals surface area contributed by atoms with E-state index in [1.54, 1.807) is 18.3 Å². The van der Waals surface area contributed by atoms with Crippen molar-refractivity contribution >= 4 is 11.6 Å². The lowest BCUT2D eigenvalue weighted by molar-refractivity contribution is -0.481. The first-order chi connectivity index (χ1) is 8.16. The maximum absolute atomic E-state index is 10.7. The van der Waals surface area contributed by atoms with Gasteiger partial charge in [-0.05, 0) is 29.8 Å². The minimum absolute atomic E-state index is 0.137. The number of nitrogens with one attached hydrogen (secondary N) is 1. The van der Waals surface area contributed by atoms with Crippen LogP contribution in [0, 0.1) is 10.1 Å². The number of nitrogens with zero attached hydrogens (tertiary/aromatic N) is 1. The van der Waals surface area contributed by atoms with Gasteiger partial charge in [0, 0.05) is 21.8 Å². The molecule has 0 aliphatic heterocycles. The zero-order valence-corrected chi connectivity index (χ0v) is 9.72. The van der Waals surface area contributed by atoms with Crippen LogP contribution in [-0.4, -0.2) is 16.5 Å². The van der Waals surface area contributed by atoms with E-state index in [2.05, 4.69) is 4.98 Å². The average Bonchev–Trinajstić information content (AvgIpc) is 2.80. The molecule has 0 saturated heterocycles. The van der Waals surface area contributed by atoms with Crippen LogP contribution in [0.5, 0.6) is 0 Å². The van der Waals surface area contributed by atoms with Gasteiger partial charge in [0.1, 0.15) is 0 Å². The molecule has 0 bridgehead atoms. The Morgan fingerprint density at radius 2 is 2.00 bits per heavy atom. The van der Waals surface area contributed by atoms with Crippen LogP contribution in [-0.2, 0) is 0 Å². The van der Waals surface area contributed by atoms with Gasteiger partial charge in [-0.2, -0.15) is 0 Å². The van der Waals surface area contributed by atoms with Crippen LogP contribution in [0.4, 0.5) is 0 Å². The first kappa shape index (κ1) is 11.7. The highest BCUT2D eigenvalue weighted by atomic mass is 35.5. The van der Waals surface area contributed by atoms with Gasteiger partial charge in [-0.25, -0.2) is 0 Å². The highest BCUT2D eigenvalue weighted by Gasteiger charge is 2.20. The Hall–Kier alpha value is -1.81. The summed E-state index contributed by atoms with van der Waals surface area (Å²) in [6, 6.07) is 10.8. The van der Waals surface area contributed by atoms with Gasteiger partial charge in [0.15, 0.2) is 0 Å². The summed E-state index contributed by atoms with van der Waals surface area (Å²) in [6.45, 7) is -0.137. The van der Waals surface area contributed by atoms with Gasteiger partial charge in [0.05, 0.1) is 5.92 Å². The Balaban J connectivity index is 2.33. The van der Waals surface area contributed by atoms with Crippen molar-refractivity contribution in [3.8, 4) is 0 Å². The van der Waals surface area contributed by atoms with Crippen LogP contribution in [0.25, 0.3) is 0 Å². The van der Waals surface area contributed by atoms with Gasteiger partial charge in [0.2, 0.25) is 6.54 Å². The van der Waals surface area contributed by atoms with Crippen LogP contribution >= 0.6 is 11.6 Å². The van der Waals surface area contributed by atoms with Crippen molar-refractivity contribution in [1.82, 2.24) is 4.98 Å². The summed E-state index contributed by atoms with van der Waals surface area (Å²) in [5.41, 5.74) is 1.72. The lowest BCUT2D eigenvalue weighted by Gasteiger charge is -2.11. The molecule has 0 saturated carbocycles. The summed E-state index contributed by atoms with van der Waals surface area (Å²) in [6.07, 6.45) is 1.76. The van der Waals surface area contributed by atoms with Gasteiger partial charge < -0.3 is 4.98 Å². The van der Waals surface area contributed by atoms with Crippen LogP contribution in [0.15, 0.2) is 42.6 Å². The molecule has 1 unspecified atom stereocenters. The number of hydrogen-bond donors (Lipinski definition) is 1. The van der Waals surface area contributed by atoms with Gasteiger partial charge in [-0.15, -0.1) is 0 Å². The number of benzene rings is 1. The minimum atomic E-state index is -0.305. The van der Waals surface area contributed by atoms with Crippen molar-refractivity contribution in [2.75, 3.05) is 6.54 Å². The third-order valence-corrected chi connectivity index (χ3v) is 2.85. The summed E-state index contributed by atoms with van der Waals surface area (Å²) >= 11 is 5.81. The third-order valence-electron chi connectivity index (χ3n) is 2.60. The quantitative estimate of drug-likeness (QED) is 0.670. The van der Waals surface area contributed by atoms with Crippen LogP contribution in [0.1, 0.15) is 17.2 Å². The summed E-state index contributed by atoms with van der Waals surface area (Å²) < 4.78 is 0. The number of hydrogen-bond acceptors (Lipinski definition) is 2. The first-order valence-corrected chi connectivity index (χ1v) is 5.55. The molecule has 0 amide bonds. The van der Waals surface area contributed by atoms with E-state index in [-0.39, 0.29) is 17.4 Å². The van der Waals surface area contributed by atoms with E-state index in [1.807, 2.05) is 24.3 Å². The van der Waals surface area contributed by atoms with Crippen LogP contribution < -0.4 is 0 Å².